The molecule has 2 aromatic rings. The Morgan fingerprint density at radius 2 is 2.05 bits per heavy atom. The van der Waals surface area contributed by atoms with Gasteiger partial charge in [0.15, 0.2) is 0 Å². The summed E-state index contributed by atoms with van der Waals surface area (Å²) in [7, 11) is 0. The van der Waals surface area contributed by atoms with Gasteiger partial charge in [-0.1, -0.05) is 6.92 Å². The lowest BCUT2D eigenvalue weighted by atomic mass is 10.1. The van der Waals surface area contributed by atoms with Crippen molar-refractivity contribution in [2.45, 2.75) is 26.3 Å². The number of hydrogen-bond acceptors (Lipinski definition) is 6. The average Bonchev–Trinajstić information content (AvgIpc) is 2.89. The van der Waals surface area contributed by atoms with Crippen molar-refractivity contribution in [3.63, 3.8) is 0 Å². The molecule has 0 bridgehead atoms. The van der Waals surface area contributed by atoms with E-state index in [1.165, 1.54) is 10.3 Å². The number of nitrogens with two attached hydrogens (primary N) is 1. The predicted molar refractivity (Wildman–Crippen MR) is 89.1 cm³/mol. The molecular weight excluding hydrogens is 282 g/mol. The largest absolute Gasteiger partial charge is 0.353 e. The molecule has 1 aliphatic rings. The normalized spacial score (nSPS) is 18.3. The summed E-state index contributed by atoms with van der Waals surface area (Å²) in [5.41, 5.74) is 5.86. The third kappa shape index (κ3) is 2.88. The summed E-state index contributed by atoms with van der Waals surface area (Å²) >= 11 is 1.74. The molecular formula is C15H23N5S. The second-order valence-corrected chi connectivity index (χ2v) is 6.83. The minimum Gasteiger partial charge on any atom is -0.353 e. The molecule has 1 fully saturated rings. The molecule has 0 aliphatic carbocycles. The summed E-state index contributed by atoms with van der Waals surface area (Å²) in [6.07, 6.45) is 2.81. The maximum absolute atomic E-state index is 5.86. The first-order chi connectivity index (χ1) is 10.2. The molecule has 0 spiro atoms. The van der Waals surface area contributed by atoms with Crippen molar-refractivity contribution in [3.05, 3.63) is 17.3 Å². The van der Waals surface area contributed by atoms with Crippen LogP contribution in [0.1, 0.15) is 18.2 Å². The lowest BCUT2D eigenvalue weighted by Crippen LogP contribution is -2.52. The molecule has 0 amide bonds. The standard InChI is InChI=1S/C15H23N5S/c1-3-12(9-16)19-4-6-20(7-5-19)14-13-8-11(2)21-15(13)18-10-17-14/h8,10,12H,3-7,9,16H2,1-2H3. The molecule has 0 radical (unpaired) electrons. The number of thiophene rings is 1. The van der Waals surface area contributed by atoms with Crippen LogP contribution in [-0.2, 0) is 0 Å². The molecule has 6 heteroatoms. The van der Waals surface area contributed by atoms with Crippen LogP contribution in [-0.4, -0.2) is 53.6 Å². The summed E-state index contributed by atoms with van der Waals surface area (Å²) < 4.78 is 0. The lowest BCUT2D eigenvalue weighted by Gasteiger charge is -2.39. The quantitative estimate of drug-likeness (QED) is 0.934. The van der Waals surface area contributed by atoms with Crippen molar-refractivity contribution < 1.29 is 0 Å². The zero-order valence-electron chi connectivity index (χ0n) is 12.7. The topological polar surface area (TPSA) is 58.3 Å². The van der Waals surface area contributed by atoms with E-state index in [-0.39, 0.29) is 0 Å². The number of piperazine rings is 1. The summed E-state index contributed by atoms with van der Waals surface area (Å²) in [6.45, 7) is 9.23. The molecule has 2 aromatic heterocycles. The number of hydrogen-bond donors (Lipinski definition) is 1. The molecule has 0 saturated carbocycles. The van der Waals surface area contributed by atoms with E-state index in [1.54, 1.807) is 17.7 Å². The van der Waals surface area contributed by atoms with E-state index in [0.29, 0.717) is 6.04 Å². The molecule has 3 heterocycles. The third-order valence-electron chi connectivity index (χ3n) is 4.31. The molecule has 1 saturated heterocycles. The highest BCUT2D eigenvalue weighted by molar-refractivity contribution is 7.18. The van der Waals surface area contributed by atoms with E-state index in [1.807, 2.05) is 0 Å². The van der Waals surface area contributed by atoms with Crippen LogP contribution in [0.5, 0.6) is 0 Å². The van der Waals surface area contributed by atoms with Crippen LogP contribution >= 0.6 is 11.3 Å². The zero-order valence-corrected chi connectivity index (χ0v) is 13.6. The average molecular weight is 305 g/mol. The maximum atomic E-state index is 5.86. The number of rotatable bonds is 4. The smallest absolute Gasteiger partial charge is 0.140 e. The Hall–Kier alpha value is -1.24. The zero-order chi connectivity index (χ0) is 14.8. The van der Waals surface area contributed by atoms with Crippen LogP contribution in [0, 0.1) is 6.92 Å². The Balaban J connectivity index is 1.77. The first-order valence-electron chi connectivity index (χ1n) is 7.63. The number of aromatic nitrogens is 2. The van der Waals surface area contributed by atoms with Crippen molar-refractivity contribution in [1.29, 1.82) is 0 Å². The van der Waals surface area contributed by atoms with Gasteiger partial charge >= 0.3 is 0 Å². The highest BCUT2D eigenvalue weighted by Gasteiger charge is 2.23. The van der Waals surface area contributed by atoms with Crippen LogP contribution in [0.15, 0.2) is 12.4 Å². The van der Waals surface area contributed by atoms with Gasteiger partial charge in [-0.3, -0.25) is 4.90 Å². The van der Waals surface area contributed by atoms with Crippen LogP contribution < -0.4 is 10.6 Å². The first kappa shape index (κ1) is 14.7. The Morgan fingerprint density at radius 3 is 2.71 bits per heavy atom. The van der Waals surface area contributed by atoms with Gasteiger partial charge < -0.3 is 10.6 Å². The highest BCUT2D eigenvalue weighted by atomic mass is 32.1. The van der Waals surface area contributed by atoms with Gasteiger partial charge in [0.1, 0.15) is 17.0 Å². The summed E-state index contributed by atoms with van der Waals surface area (Å²) in [5, 5.41) is 1.19. The van der Waals surface area contributed by atoms with Gasteiger partial charge in [0, 0.05) is 43.6 Å². The van der Waals surface area contributed by atoms with Gasteiger partial charge in [0.25, 0.3) is 0 Å². The SMILES string of the molecule is CCC(CN)N1CCN(c2ncnc3sc(C)cc23)CC1. The van der Waals surface area contributed by atoms with E-state index in [9.17, 15) is 0 Å². The minimum atomic E-state index is 0.515. The Bertz CT molecular complexity index is 599. The molecule has 3 rings (SSSR count). The fraction of sp³-hybridized carbons (Fsp3) is 0.600. The summed E-state index contributed by atoms with van der Waals surface area (Å²) in [4.78, 5) is 16.2. The van der Waals surface area contributed by atoms with E-state index in [2.05, 4.69) is 39.7 Å². The van der Waals surface area contributed by atoms with Gasteiger partial charge in [-0.2, -0.15) is 0 Å². The second kappa shape index (κ2) is 6.25. The van der Waals surface area contributed by atoms with Crippen molar-refractivity contribution >= 4 is 27.4 Å². The number of aryl methyl sites for hydroxylation is 1. The highest BCUT2D eigenvalue weighted by Crippen LogP contribution is 2.30. The van der Waals surface area contributed by atoms with Crippen LogP contribution in [0.3, 0.4) is 0 Å². The number of anilines is 1. The fourth-order valence-electron chi connectivity index (χ4n) is 3.09. The molecule has 114 valence electrons. The Labute approximate surface area is 129 Å². The van der Waals surface area contributed by atoms with Crippen molar-refractivity contribution in [1.82, 2.24) is 14.9 Å². The maximum Gasteiger partial charge on any atom is 0.140 e. The molecule has 1 atom stereocenters. The summed E-state index contributed by atoms with van der Waals surface area (Å²) in [6, 6.07) is 2.72. The van der Waals surface area contributed by atoms with E-state index < -0.39 is 0 Å². The molecule has 2 N–H and O–H groups in total. The van der Waals surface area contributed by atoms with Crippen molar-refractivity contribution in [2.75, 3.05) is 37.6 Å². The second-order valence-electron chi connectivity index (χ2n) is 5.59. The predicted octanol–water partition coefficient (Wildman–Crippen LogP) is 1.86. The molecule has 1 aliphatic heterocycles. The van der Waals surface area contributed by atoms with Crippen molar-refractivity contribution in [2.24, 2.45) is 5.73 Å². The van der Waals surface area contributed by atoms with Gasteiger partial charge in [0.2, 0.25) is 0 Å². The first-order valence-corrected chi connectivity index (χ1v) is 8.44. The van der Waals surface area contributed by atoms with E-state index >= 15 is 0 Å². The Morgan fingerprint density at radius 1 is 1.29 bits per heavy atom. The number of nitrogens with zero attached hydrogens (tertiary/aromatic N) is 4. The molecule has 5 nitrogen and oxygen atoms in total. The molecule has 1 unspecified atom stereocenters. The van der Waals surface area contributed by atoms with Gasteiger partial charge in [-0.15, -0.1) is 11.3 Å². The van der Waals surface area contributed by atoms with Crippen LogP contribution in [0.25, 0.3) is 10.2 Å². The Kier molecular flexibility index (Phi) is 4.37. The van der Waals surface area contributed by atoms with Gasteiger partial charge in [-0.05, 0) is 19.4 Å². The van der Waals surface area contributed by atoms with Gasteiger partial charge in [-0.25, -0.2) is 9.97 Å². The third-order valence-corrected chi connectivity index (χ3v) is 5.26. The fourth-order valence-corrected chi connectivity index (χ4v) is 3.93. The van der Waals surface area contributed by atoms with Crippen LogP contribution in [0.2, 0.25) is 0 Å². The monoisotopic (exact) mass is 305 g/mol. The van der Waals surface area contributed by atoms with E-state index in [4.69, 9.17) is 5.73 Å². The van der Waals surface area contributed by atoms with Gasteiger partial charge in [0.05, 0.1) is 5.39 Å². The number of fused-ring (bicyclic) bond motifs is 1. The lowest BCUT2D eigenvalue weighted by molar-refractivity contribution is 0.184. The van der Waals surface area contributed by atoms with Crippen molar-refractivity contribution in [3.8, 4) is 0 Å². The van der Waals surface area contributed by atoms with Crippen LogP contribution in [0.4, 0.5) is 5.82 Å². The molecule has 0 aromatic carbocycles. The van der Waals surface area contributed by atoms with E-state index in [0.717, 1.165) is 49.8 Å². The minimum absolute atomic E-state index is 0.515. The summed E-state index contributed by atoms with van der Waals surface area (Å²) in [5.74, 6) is 1.09. The molecule has 21 heavy (non-hydrogen) atoms.